The molecule has 2 aromatic rings. The van der Waals surface area contributed by atoms with Crippen molar-refractivity contribution < 1.29 is 9.90 Å². The van der Waals surface area contributed by atoms with Crippen LogP contribution in [0.4, 0.5) is 5.13 Å². The van der Waals surface area contributed by atoms with E-state index in [1.165, 1.54) is 11.3 Å². The number of aromatic nitrogens is 1. The van der Waals surface area contributed by atoms with Gasteiger partial charge >= 0.3 is 0 Å². The van der Waals surface area contributed by atoms with Crippen LogP contribution in [0, 0.1) is 25.7 Å². The van der Waals surface area contributed by atoms with Crippen molar-refractivity contribution in [3.05, 3.63) is 46.0 Å². The van der Waals surface area contributed by atoms with Gasteiger partial charge in [0, 0.05) is 5.56 Å². The maximum absolute atomic E-state index is 12.1. The third kappa shape index (κ3) is 3.67. The van der Waals surface area contributed by atoms with E-state index < -0.39 is 0 Å². The number of aliphatic hydroxyl groups is 1. The molecule has 5 heteroatoms. The third-order valence-electron chi connectivity index (χ3n) is 2.50. The van der Waals surface area contributed by atoms with Crippen molar-refractivity contribution in [2.75, 3.05) is 11.9 Å². The fourth-order valence-electron chi connectivity index (χ4n) is 1.79. The van der Waals surface area contributed by atoms with Gasteiger partial charge in [0.1, 0.15) is 6.61 Å². The molecule has 0 fully saturated rings. The van der Waals surface area contributed by atoms with E-state index in [2.05, 4.69) is 22.1 Å². The molecule has 1 aromatic heterocycles. The number of thiazole rings is 1. The Kier molecular flexibility index (Phi) is 4.51. The molecule has 20 heavy (non-hydrogen) atoms. The molecule has 1 aromatic carbocycles. The molecule has 2 N–H and O–H groups in total. The largest absolute Gasteiger partial charge is 0.384 e. The number of amides is 1. The lowest BCUT2D eigenvalue weighted by Gasteiger charge is -2.04. The van der Waals surface area contributed by atoms with Crippen LogP contribution in [-0.4, -0.2) is 22.6 Å². The lowest BCUT2D eigenvalue weighted by atomic mass is 10.1. The molecular formula is C15H14N2O2S. The molecule has 0 saturated heterocycles. The number of benzene rings is 1. The van der Waals surface area contributed by atoms with Crippen LogP contribution in [0.15, 0.2) is 24.4 Å². The molecule has 0 aliphatic rings. The van der Waals surface area contributed by atoms with Crippen molar-refractivity contribution in [3.63, 3.8) is 0 Å². The maximum Gasteiger partial charge on any atom is 0.257 e. The molecule has 0 saturated carbocycles. The zero-order valence-electron chi connectivity index (χ0n) is 11.2. The van der Waals surface area contributed by atoms with Gasteiger partial charge in [0.25, 0.3) is 5.91 Å². The number of nitrogens with zero attached hydrogens (tertiary/aromatic N) is 1. The van der Waals surface area contributed by atoms with Crippen molar-refractivity contribution in [2.45, 2.75) is 13.8 Å². The Labute approximate surface area is 121 Å². The minimum absolute atomic E-state index is 0.187. The number of carbonyl (C=O) groups excluding carboxylic acids is 1. The Morgan fingerprint density at radius 3 is 2.70 bits per heavy atom. The standard InChI is InChI=1S/C15H14N2O2S/c1-10-6-11(2)8-12(7-10)14(19)17-15-16-9-13(20-15)4-3-5-18/h6-9,18H,5H2,1-2H3,(H,16,17,19). The monoisotopic (exact) mass is 286 g/mol. The summed E-state index contributed by atoms with van der Waals surface area (Å²) in [7, 11) is 0. The number of aliphatic hydroxyl groups excluding tert-OH is 1. The summed E-state index contributed by atoms with van der Waals surface area (Å²) in [6.45, 7) is 3.72. The van der Waals surface area contributed by atoms with Crippen LogP contribution in [0.3, 0.4) is 0 Å². The summed E-state index contributed by atoms with van der Waals surface area (Å²) >= 11 is 1.28. The maximum atomic E-state index is 12.1. The van der Waals surface area contributed by atoms with E-state index >= 15 is 0 Å². The first kappa shape index (κ1) is 14.3. The topological polar surface area (TPSA) is 62.2 Å². The van der Waals surface area contributed by atoms with E-state index in [0.29, 0.717) is 15.6 Å². The van der Waals surface area contributed by atoms with E-state index in [1.54, 1.807) is 6.20 Å². The number of anilines is 1. The predicted octanol–water partition coefficient (Wildman–Crippen LogP) is 2.36. The Hall–Kier alpha value is -2.16. The molecular weight excluding hydrogens is 272 g/mol. The van der Waals surface area contributed by atoms with Gasteiger partial charge in [-0.25, -0.2) is 4.98 Å². The van der Waals surface area contributed by atoms with Crippen LogP contribution in [0.25, 0.3) is 0 Å². The molecule has 0 bridgehead atoms. The average molecular weight is 286 g/mol. The van der Waals surface area contributed by atoms with Crippen molar-refractivity contribution in [3.8, 4) is 11.8 Å². The Morgan fingerprint density at radius 1 is 1.35 bits per heavy atom. The molecule has 0 spiro atoms. The normalized spacial score (nSPS) is 9.75. The highest BCUT2D eigenvalue weighted by molar-refractivity contribution is 7.16. The van der Waals surface area contributed by atoms with Crippen LogP contribution in [0.1, 0.15) is 26.4 Å². The van der Waals surface area contributed by atoms with E-state index in [9.17, 15) is 4.79 Å². The molecule has 0 radical (unpaired) electrons. The fourth-order valence-corrected chi connectivity index (χ4v) is 2.48. The lowest BCUT2D eigenvalue weighted by molar-refractivity contribution is 0.102. The predicted molar refractivity (Wildman–Crippen MR) is 79.9 cm³/mol. The number of hydrogen-bond acceptors (Lipinski definition) is 4. The van der Waals surface area contributed by atoms with Crippen molar-refractivity contribution in [1.82, 2.24) is 4.98 Å². The summed E-state index contributed by atoms with van der Waals surface area (Å²) in [5.74, 6) is 5.10. The van der Waals surface area contributed by atoms with Crippen LogP contribution in [-0.2, 0) is 0 Å². The molecule has 1 amide bonds. The summed E-state index contributed by atoms with van der Waals surface area (Å²) in [5, 5.41) is 11.9. The van der Waals surface area contributed by atoms with Crippen LogP contribution < -0.4 is 5.32 Å². The summed E-state index contributed by atoms with van der Waals surface area (Å²) in [4.78, 5) is 16.9. The zero-order chi connectivity index (χ0) is 14.5. The second-order valence-electron chi connectivity index (χ2n) is 4.32. The molecule has 102 valence electrons. The van der Waals surface area contributed by atoms with Gasteiger partial charge in [-0.05, 0) is 26.0 Å². The molecule has 0 atom stereocenters. The second-order valence-corrected chi connectivity index (χ2v) is 5.35. The Morgan fingerprint density at radius 2 is 2.05 bits per heavy atom. The molecule has 0 unspecified atom stereocenters. The third-order valence-corrected chi connectivity index (χ3v) is 3.33. The van der Waals surface area contributed by atoms with Gasteiger partial charge in [0.05, 0.1) is 11.1 Å². The first-order chi connectivity index (χ1) is 9.58. The minimum Gasteiger partial charge on any atom is -0.384 e. The van der Waals surface area contributed by atoms with Crippen LogP contribution in [0.5, 0.6) is 0 Å². The number of rotatable bonds is 2. The smallest absolute Gasteiger partial charge is 0.257 e. The number of hydrogen-bond donors (Lipinski definition) is 2. The van der Waals surface area contributed by atoms with E-state index in [-0.39, 0.29) is 12.5 Å². The Balaban J connectivity index is 2.13. The first-order valence-electron chi connectivity index (χ1n) is 6.03. The van der Waals surface area contributed by atoms with Gasteiger partial charge in [-0.2, -0.15) is 0 Å². The quantitative estimate of drug-likeness (QED) is 0.833. The summed E-state index contributed by atoms with van der Waals surface area (Å²) in [6, 6.07) is 5.69. The summed E-state index contributed by atoms with van der Waals surface area (Å²) < 4.78 is 0. The average Bonchev–Trinajstić information content (AvgIpc) is 2.82. The molecule has 1 heterocycles. The first-order valence-corrected chi connectivity index (χ1v) is 6.85. The highest BCUT2D eigenvalue weighted by Crippen LogP contribution is 2.18. The number of carbonyl (C=O) groups is 1. The van der Waals surface area contributed by atoms with Gasteiger partial charge in [-0.1, -0.05) is 40.4 Å². The van der Waals surface area contributed by atoms with Crippen molar-refractivity contribution in [1.29, 1.82) is 0 Å². The molecule has 4 nitrogen and oxygen atoms in total. The van der Waals surface area contributed by atoms with E-state index in [4.69, 9.17) is 5.11 Å². The summed E-state index contributed by atoms with van der Waals surface area (Å²) in [5.41, 5.74) is 2.70. The summed E-state index contributed by atoms with van der Waals surface area (Å²) in [6.07, 6.45) is 1.57. The second kappa shape index (κ2) is 6.33. The molecule has 0 aliphatic heterocycles. The van der Waals surface area contributed by atoms with E-state index in [1.807, 2.05) is 32.0 Å². The van der Waals surface area contributed by atoms with Crippen LogP contribution in [0.2, 0.25) is 0 Å². The van der Waals surface area contributed by atoms with Gasteiger partial charge < -0.3 is 5.11 Å². The SMILES string of the molecule is Cc1cc(C)cc(C(=O)Nc2ncc(C#CCO)s2)c1. The zero-order valence-corrected chi connectivity index (χ0v) is 12.0. The van der Waals surface area contributed by atoms with Crippen molar-refractivity contribution in [2.24, 2.45) is 0 Å². The Bertz CT molecular complexity index is 675. The van der Waals surface area contributed by atoms with Gasteiger partial charge in [-0.3, -0.25) is 10.1 Å². The highest BCUT2D eigenvalue weighted by Gasteiger charge is 2.09. The van der Waals surface area contributed by atoms with E-state index in [0.717, 1.165) is 11.1 Å². The highest BCUT2D eigenvalue weighted by atomic mass is 32.1. The minimum atomic E-state index is -0.192. The molecule has 2 rings (SSSR count). The number of nitrogens with one attached hydrogen (secondary N) is 1. The van der Waals surface area contributed by atoms with Gasteiger partial charge in [0.15, 0.2) is 5.13 Å². The fraction of sp³-hybridized carbons (Fsp3) is 0.200. The van der Waals surface area contributed by atoms with Gasteiger partial charge in [-0.15, -0.1) is 0 Å². The van der Waals surface area contributed by atoms with Crippen LogP contribution >= 0.6 is 11.3 Å². The lowest BCUT2D eigenvalue weighted by Crippen LogP contribution is -2.12. The van der Waals surface area contributed by atoms with Crippen molar-refractivity contribution >= 4 is 22.4 Å². The number of aryl methyl sites for hydroxylation is 2. The molecule has 0 aliphatic carbocycles. The van der Waals surface area contributed by atoms with Gasteiger partial charge in [0.2, 0.25) is 0 Å².